The van der Waals surface area contributed by atoms with E-state index in [9.17, 15) is 4.79 Å². The molecule has 98 valence electrons. The van der Waals surface area contributed by atoms with Crippen molar-refractivity contribution in [3.8, 4) is 0 Å². The molecule has 2 aliphatic rings. The molecule has 1 aromatic rings. The van der Waals surface area contributed by atoms with Gasteiger partial charge in [-0.2, -0.15) is 5.10 Å². The fourth-order valence-corrected chi connectivity index (χ4v) is 2.53. The van der Waals surface area contributed by atoms with Gasteiger partial charge >= 0.3 is 0 Å². The summed E-state index contributed by atoms with van der Waals surface area (Å²) < 4.78 is 1.90. The molecule has 0 spiro atoms. The van der Waals surface area contributed by atoms with E-state index in [2.05, 4.69) is 28.0 Å². The first-order valence-electron chi connectivity index (χ1n) is 6.51. The summed E-state index contributed by atoms with van der Waals surface area (Å²) >= 11 is 0. The van der Waals surface area contributed by atoms with Gasteiger partial charge in [-0.25, -0.2) is 4.68 Å². The quantitative estimate of drug-likeness (QED) is 0.695. The summed E-state index contributed by atoms with van der Waals surface area (Å²) in [6.07, 6.45) is 1.74. The fourth-order valence-electron chi connectivity index (χ4n) is 2.53. The number of hydrogen-bond acceptors (Lipinski definition) is 4. The first kappa shape index (κ1) is 11.7. The molecule has 2 fully saturated rings. The van der Waals surface area contributed by atoms with Crippen LogP contribution in [0.25, 0.3) is 0 Å². The van der Waals surface area contributed by atoms with Crippen LogP contribution in [0.3, 0.4) is 0 Å². The maximum absolute atomic E-state index is 12.2. The zero-order valence-electron chi connectivity index (χ0n) is 10.5. The second-order valence-electron chi connectivity index (χ2n) is 5.20. The van der Waals surface area contributed by atoms with E-state index >= 15 is 0 Å². The zero-order valence-corrected chi connectivity index (χ0v) is 10.5. The van der Waals surface area contributed by atoms with Crippen molar-refractivity contribution in [2.75, 3.05) is 31.5 Å². The first-order valence-corrected chi connectivity index (χ1v) is 6.51. The third-order valence-corrected chi connectivity index (χ3v) is 3.88. The van der Waals surface area contributed by atoms with Crippen molar-refractivity contribution in [2.24, 2.45) is 11.8 Å². The van der Waals surface area contributed by atoms with Crippen LogP contribution in [0, 0.1) is 11.8 Å². The molecule has 3 rings (SSSR count). The number of nitrogens with zero attached hydrogens (tertiary/aromatic N) is 2. The molecular weight excluding hydrogens is 230 g/mol. The third kappa shape index (κ3) is 2.02. The van der Waals surface area contributed by atoms with Crippen LogP contribution in [0.15, 0.2) is 12.3 Å². The lowest BCUT2D eigenvalue weighted by molar-refractivity contribution is -0.120. The van der Waals surface area contributed by atoms with Gasteiger partial charge in [-0.05, 0) is 12.5 Å². The Hall–Kier alpha value is -1.40. The minimum atomic E-state index is 0.0628. The van der Waals surface area contributed by atoms with Crippen LogP contribution >= 0.6 is 0 Å². The standard InChI is InChI=1S/C12H19N5O/c1-8-4-13-7-10(8)12(18)16-11-2-3-15-17(11)9-5-14-6-9/h2-3,8-10,13-14H,4-7H2,1H3,(H,16,18). The summed E-state index contributed by atoms with van der Waals surface area (Å²) in [5.41, 5.74) is 0. The molecule has 2 unspecified atom stereocenters. The van der Waals surface area contributed by atoms with Crippen LogP contribution in [-0.2, 0) is 4.79 Å². The molecule has 1 aromatic heterocycles. The molecule has 0 aromatic carbocycles. The average Bonchev–Trinajstić information content (AvgIpc) is 2.86. The summed E-state index contributed by atoms with van der Waals surface area (Å²) in [4.78, 5) is 12.2. The Balaban J connectivity index is 1.68. The van der Waals surface area contributed by atoms with Crippen LogP contribution < -0.4 is 16.0 Å². The number of carbonyl (C=O) groups is 1. The van der Waals surface area contributed by atoms with Crippen LogP contribution in [-0.4, -0.2) is 41.9 Å². The van der Waals surface area contributed by atoms with E-state index in [0.717, 1.165) is 32.0 Å². The molecule has 2 saturated heterocycles. The average molecular weight is 249 g/mol. The number of nitrogens with one attached hydrogen (secondary N) is 3. The Morgan fingerprint density at radius 1 is 1.39 bits per heavy atom. The normalized spacial score (nSPS) is 28.1. The summed E-state index contributed by atoms with van der Waals surface area (Å²) in [7, 11) is 0. The summed E-state index contributed by atoms with van der Waals surface area (Å²) in [5.74, 6) is 1.37. The molecule has 3 heterocycles. The highest BCUT2D eigenvalue weighted by Crippen LogP contribution is 2.21. The van der Waals surface area contributed by atoms with Crippen molar-refractivity contribution in [3.63, 3.8) is 0 Å². The van der Waals surface area contributed by atoms with Gasteiger partial charge in [0, 0.05) is 25.7 Å². The highest BCUT2D eigenvalue weighted by Gasteiger charge is 2.30. The van der Waals surface area contributed by atoms with E-state index in [1.165, 1.54) is 0 Å². The van der Waals surface area contributed by atoms with Crippen LogP contribution in [0.4, 0.5) is 5.82 Å². The van der Waals surface area contributed by atoms with Crippen LogP contribution in [0.2, 0.25) is 0 Å². The van der Waals surface area contributed by atoms with Gasteiger partial charge in [0.25, 0.3) is 0 Å². The molecule has 2 atom stereocenters. The Morgan fingerprint density at radius 2 is 2.17 bits per heavy atom. The lowest BCUT2D eigenvalue weighted by Crippen LogP contribution is -2.44. The molecule has 6 nitrogen and oxygen atoms in total. The smallest absolute Gasteiger partial charge is 0.230 e. The minimum Gasteiger partial charge on any atom is -0.316 e. The van der Waals surface area contributed by atoms with E-state index in [1.54, 1.807) is 6.20 Å². The molecule has 0 saturated carbocycles. The van der Waals surface area contributed by atoms with Gasteiger partial charge in [-0.15, -0.1) is 0 Å². The van der Waals surface area contributed by atoms with Crippen molar-refractivity contribution in [3.05, 3.63) is 12.3 Å². The summed E-state index contributed by atoms with van der Waals surface area (Å²) in [5, 5.41) is 13.7. The highest BCUT2D eigenvalue weighted by molar-refractivity contribution is 5.92. The molecule has 18 heavy (non-hydrogen) atoms. The van der Waals surface area contributed by atoms with E-state index in [0.29, 0.717) is 12.0 Å². The van der Waals surface area contributed by atoms with Gasteiger partial charge in [-0.1, -0.05) is 6.92 Å². The SMILES string of the molecule is CC1CNCC1C(=O)Nc1ccnn1C1CNC1. The van der Waals surface area contributed by atoms with Gasteiger partial charge in [0.1, 0.15) is 5.82 Å². The van der Waals surface area contributed by atoms with Gasteiger partial charge in [-0.3, -0.25) is 4.79 Å². The van der Waals surface area contributed by atoms with Crippen molar-refractivity contribution in [2.45, 2.75) is 13.0 Å². The second kappa shape index (κ2) is 4.70. The number of anilines is 1. The van der Waals surface area contributed by atoms with Crippen molar-refractivity contribution >= 4 is 11.7 Å². The third-order valence-electron chi connectivity index (χ3n) is 3.88. The first-order chi connectivity index (χ1) is 8.75. The van der Waals surface area contributed by atoms with Crippen molar-refractivity contribution < 1.29 is 4.79 Å². The maximum Gasteiger partial charge on any atom is 0.230 e. The molecule has 3 N–H and O–H groups in total. The van der Waals surface area contributed by atoms with Crippen molar-refractivity contribution in [1.82, 2.24) is 20.4 Å². The Morgan fingerprint density at radius 3 is 2.78 bits per heavy atom. The number of hydrogen-bond donors (Lipinski definition) is 3. The van der Waals surface area contributed by atoms with Gasteiger partial charge < -0.3 is 16.0 Å². The fraction of sp³-hybridized carbons (Fsp3) is 0.667. The van der Waals surface area contributed by atoms with E-state index in [1.807, 2.05) is 10.7 Å². The maximum atomic E-state index is 12.2. The Kier molecular flexibility index (Phi) is 3.05. The molecule has 1 amide bonds. The second-order valence-corrected chi connectivity index (χ2v) is 5.20. The molecule has 0 aliphatic carbocycles. The van der Waals surface area contributed by atoms with E-state index in [4.69, 9.17) is 0 Å². The number of carbonyl (C=O) groups excluding carboxylic acids is 1. The van der Waals surface area contributed by atoms with Crippen LogP contribution in [0.1, 0.15) is 13.0 Å². The Labute approximate surface area is 106 Å². The predicted molar refractivity (Wildman–Crippen MR) is 68.3 cm³/mol. The molecule has 0 bridgehead atoms. The minimum absolute atomic E-state index is 0.0628. The highest BCUT2D eigenvalue weighted by atomic mass is 16.2. The summed E-state index contributed by atoms with van der Waals surface area (Å²) in [6, 6.07) is 2.23. The lowest BCUT2D eigenvalue weighted by atomic mass is 9.97. The lowest BCUT2D eigenvalue weighted by Gasteiger charge is -2.29. The topological polar surface area (TPSA) is 71.0 Å². The number of amides is 1. The largest absolute Gasteiger partial charge is 0.316 e. The summed E-state index contributed by atoms with van der Waals surface area (Å²) in [6.45, 7) is 5.64. The van der Waals surface area contributed by atoms with Gasteiger partial charge in [0.15, 0.2) is 0 Å². The molecule has 6 heteroatoms. The number of rotatable bonds is 3. The molecular formula is C12H19N5O. The van der Waals surface area contributed by atoms with E-state index < -0.39 is 0 Å². The Bertz CT molecular complexity index is 439. The molecule has 0 radical (unpaired) electrons. The zero-order chi connectivity index (χ0) is 12.5. The number of aromatic nitrogens is 2. The monoisotopic (exact) mass is 249 g/mol. The predicted octanol–water partition coefficient (Wildman–Crippen LogP) is -0.179. The van der Waals surface area contributed by atoms with Crippen molar-refractivity contribution in [1.29, 1.82) is 0 Å². The van der Waals surface area contributed by atoms with Gasteiger partial charge in [0.05, 0.1) is 18.2 Å². The van der Waals surface area contributed by atoms with E-state index in [-0.39, 0.29) is 11.8 Å². The molecule has 2 aliphatic heterocycles. The van der Waals surface area contributed by atoms with Crippen LogP contribution in [0.5, 0.6) is 0 Å². The van der Waals surface area contributed by atoms with Gasteiger partial charge in [0.2, 0.25) is 5.91 Å².